The van der Waals surface area contributed by atoms with E-state index in [0.717, 1.165) is 9.13 Å². The molecule has 0 aromatic heterocycles. The van der Waals surface area contributed by atoms with E-state index in [4.69, 9.17) is 0 Å². The Morgan fingerprint density at radius 3 is 2.60 bits per heavy atom. The fraction of sp³-hybridized carbons (Fsp3) is 0.364. The lowest BCUT2D eigenvalue weighted by Gasteiger charge is -2.09. The lowest BCUT2D eigenvalue weighted by molar-refractivity contribution is 0.0954. The third kappa shape index (κ3) is 4.42. The normalized spacial score (nSPS) is 12.2. The summed E-state index contributed by atoms with van der Waals surface area (Å²) in [4.78, 5) is 11.7. The quantitative estimate of drug-likeness (QED) is 0.858. The predicted molar refractivity (Wildman–Crippen MR) is 74.5 cm³/mol. The van der Waals surface area contributed by atoms with Gasteiger partial charge in [-0.25, -0.2) is 0 Å². The zero-order valence-corrected chi connectivity index (χ0v) is 11.8. The van der Waals surface area contributed by atoms with Gasteiger partial charge in [0, 0.05) is 20.9 Å². The lowest BCUT2D eigenvalue weighted by Crippen LogP contribution is -2.29. The maximum atomic E-state index is 11.7. The smallest absolute Gasteiger partial charge is 0.251 e. The number of thioether (sulfide) groups is 1. The van der Waals surface area contributed by atoms with Gasteiger partial charge in [0.2, 0.25) is 0 Å². The second-order valence-electron chi connectivity index (χ2n) is 3.26. The molecule has 2 nitrogen and oxygen atoms in total. The highest BCUT2D eigenvalue weighted by Gasteiger charge is 2.06. The van der Waals surface area contributed by atoms with Gasteiger partial charge in [0.25, 0.3) is 5.91 Å². The molecule has 1 rings (SSSR count). The molecule has 0 heterocycles. The first-order valence-corrected chi connectivity index (χ1v) is 7.06. The van der Waals surface area contributed by atoms with Crippen molar-refractivity contribution in [2.45, 2.75) is 12.2 Å². The van der Waals surface area contributed by atoms with Crippen molar-refractivity contribution in [2.24, 2.45) is 0 Å². The van der Waals surface area contributed by atoms with Crippen molar-refractivity contribution in [1.29, 1.82) is 0 Å². The van der Waals surface area contributed by atoms with Crippen molar-refractivity contribution < 1.29 is 4.79 Å². The number of halogens is 1. The Morgan fingerprint density at radius 2 is 2.07 bits per heavy atom. The van der Waals surface area contributed by atoms with Crippen LogP contribution in [0.5, 0.6) is 0 Å². The molecule has 0 saturated carbocycles. The van der Waals surface area contributed by atoms with Crippen LogP contribution in [-0.4, -0.2) is 24.0 Å². The minimum absolute atomic E-state index is 0.00676. The van der Waals surface area contributed by atoms with Crippen LogP contribution in [0.1, 0.15) is 17.3 Å². The van der Waals surface area contributed by atoms with Crippen LogP contribution in [0, 0.1) is 3.57 Å². The van der Waals surface area contributed by atoms with Gasteiger partial charge in [0.1, 0.15) is 0 Å². The molecule has 0 bridgehead atoms. The van der Waals surface area contributed by atoms with Crippen molar-refractivity contribution in [3.05, 3.63) is 33.4 Å². The highest BCUT2D eigenvalue weighted by atomic mass is 127. The number of carbonyl (C=O) groups excluding carboxylic acids is 1. The van der Waals surface area contributed by atoms with E-state index in [-0.39, 0.29) is 5.91 Å². The molecule has 1 aromatic rings. The van der Waals surface area contributed by atoms with Gasteiger partial charge in [-0.15, -0.1) is 0 Å². The van der Waals surface area contributed by atoms with Crippen LogP contribution in [0.2, 0.25) is 0 Å². The third-order valence-electron chi connectivity index (χ3n) is 2.06. The van der Waals surface area contributed by atoms with Crippen molar-refractivity contribution in [3.8, 4) is 0 Å². The second kappa shape index (κ2) is 6.37. The Morgan fingerprint density at radius 1 is 1.47 bits per heavy atom. The van der Waals surface area contributed by atoms with Crippen molar-refractivity contribution >= 4 is 40.3 Å². The van der Waals surface area contributed by atoms with Crippen molar-refractivity contribution in [2.75, 3.05) is 12.8 Å². The number of carbonyl (C=O) groups is 1. The maximum absolute atomic E-state index is 11.7. The number of benzene rings is 1. The van der Waals surface area contributed by atoms with E-state index >= 15 is 0 Å². The molecule has 0 aliphatic heterocycles. The van der Waals surface area contributed by atoms with Crippen LogP contribution >= 0.6 is 34.4 Å². The minimum Gasteiger partial charge on any atom is -0.351 e. The summed E-state index contributed by atoms with van der Waals surface area (Å²) in [5.74, 6) is 0.00676. The Kier molecular flexibility index (Phi) is 5.45. The Labute approximate surface area is 108 Å². The Hall–Kier alpha value is -0.230. The van der Waals surface area contributed by atoms with Gasteiger partial charge in [-0.2, -0.15) is 11.8 Å². The first kappa shape index (κ1) is 12.8. The largest absolute Gasteiger partial charge is 0.351 e. The molecule has 1 amide bonds. The van der Waals surface area contributed by atoms with Gasteiger partial charge in [-0.3, -0.25) is 4.79 Å². The number of nitrogens with one attached hydrogen (secondary N) is 1. The van der Waals surface area contributed by atoms with E-state index in [1.807, 2.05) is 30.5 Å². The monoisotopic (exact) mass is 335 g/mol. The van der Waals surface area contributed by atoms with E-state index < -0.39 is 0 Å². The molecule has 0 saturated heterocycles. The third-order valence-corrected chi connectivity index (χ3v) is 3.75. The molecule has 82 valence electrons. The number of amides is 1. The second-order valence-corrected chi connectivity index (χ2v) is 5.79. The first-order chi connectivity index (χ1) is 7.13. The fourth-order valence-corrected chi connectivity index (χ4v) is 1.63. The molecule has 1 unspecified atom stereocenters. The molecular formula is C11H14INOS. The molecule has 0 aliphatic rings. The van der Waals surface area contributed by atoms with E-state index in [9.17, 15) is 4.79 Å². The summed E-state index contributed by atoms with van der Waals surface area (Å²) in [7, 11) is 0. The topological polar surface area (TPSA) is 29.1 Å². The van der Waals surface area contributed by atoms with E-state index in [1.165, 1.54) is 0 Å². The lowest BCUT2D eigenvalue weighted by atomic mass is 10.2. The Bertz CT molecular complexity index is 326. The van der Waals surface area contributed by atoms with E-state index in [1.54, 1.807) is 11.8 Å². The zero-order valence-electron chi connectivity index (χ0n) is 8.79. The molecular weight excluding hydrogens is 321 g/mol. The van der Waals surface area contributed by atoms with Gasteiger partial charge in [-0.1, -0.05) is 6.92 Å². The van der Waals surface area contributed by atoms with Crippen LogP contribution < -0.4 is 5.32 Å². The molecule has 0 radical (unpaired) electrons. The predicted octanol–water partition coefficient (Wildman–Crippen LogP) is 2.77. The minimum atomic E-state index is 0.00676. The summed E-state index contributed by atoms with van der Waals surface area (Å²) < 4.78 is 1.14. The number of hydrogen-bond acceptors (Lipinski definition) is 2. The van der Waals surface area contributed by atoms with Crippen LogP contribution in [-0.2, 0) is 0 Å². The summed E-state index contributed by atoms with van der Waals surface area (Å²) in [6.45, 7) is 2.81. The van der Waals surface area contributed by atoms with E-state index in [0.29, 0.717) is 11.8 Å². The highest BCUT2D eigenvalue weighted by molar-refractivity contribution is 14.1. The summed E-state index contributed by atoms with van der Waals surface area (Å²) >= 11 is 3.97. The first-order valence-electron chi connectivity index (χ1n) is 4.70. The molecule has 1 aromatic carbocycles. The highest BCUT2D eigenvalue weighted by Crippen LogP contribution is 2.07. The maximum Gasteiger partial charge on any atom is 0.251 e. The van der Waals surface area contributed by atoms with Gasteiger partial charge in [0.05, 0.1) is 0 Å². The van der Waals surface area contributed by atoms with Crippen LogP contribution in [0.25, 0.3) is 0 Å². The summed E-state index contributed by atoms with van der Waals surface area (Å²) in [5, 5.41) is 3.36. The average molecular weight is 335 g/mol. The molecule has 0 aliphatic carbocycles. The van der Waals surface area contributed by atoms with Crippen LogP contribution in [0.15, 0.2) is 24.3 Å². The van der Waals surface area contributed by atoms with E-state index in [2.05, 4.69) is 34.8 Å². The molecule has 15 heavy (non-hydrogen) atoms. The van der Waals surface area contributed by atoms with Crippen molar-refractivity contribution in [1.82, 2.24) is 5.32 Å². The molecule has 1 N–H and O–H groups in total. The SMILES string of the molecule is CSC(C)CNC(=O)c1ccc(I)cc1. The molecule has 0 spiro atoms. The fourth-order valence-electron chi connectivity index (χ4n) is 1.02. The standard InChI is InChI=1S/C11H14INOS/c1-8(15-2)7-13-11(14)9-3-5-10(12)6-4-9/h3-6,8H,7H2,1-2H3,(H,13,14). The van der Waals surface area contributed by atoms with Crippen molar-refractivity contribution in [3.63, 3.8) is 0 Å². The number of hydrogen-bond donors (Lipinski definition) is 1. The summed E-state index contributed by atoms with van der Waals surface area (Å²) in [5.41, 5.74) is 0.726. The summed E-state index contributed by atoms with van der Waals surface area (Å²) in [6, 6.07) is 7.57. The van der Waals surface area contributed by atoms with Gasteiger partial charge < -0.3 is 5.32 Å². The van der Waals surface area contributed by atoms with Gasteiger partial charge >= 0.3 is 0 Å². The Balaban J connectivity index is 2.50. The van der Waals surface area contributed by atoms with Gasteiger partial charge in [0.15, 0.2) is 0 Å². The summed E-state index contributed by atoms with van der Waals surface area (Å²) in [6.07, 6.45) is 2.04. The zero-order chi connectivity index (χ0) is 11.3. The number of rotatable bonds is 4. The molecule has 4 heteroatoms. The average Bonchev–Trinajstić information content (AvgIpc) is 2.26. The van der Waals surface area contributed by atoms with Crippen LogP contribution in [0.3, 0.4) is 0 Å². The van der Waals surface area contributed by atoms with Crippen LogP contribution in [0.4, 0.5) is 0 Å². The molecule has 1 atom stereocenters. The van der Waals surface area contributed by atoms with Gasteiger partial charge in [-0.05, 0) is 53.1 Å². The molecule has 0 fully saturated rings.